The standard InChI is InChI=1S/C9H14N2OS/c1-7-10-3-4-11(7)5-9-6-13-8(2)12-9/h3-4,8-9H,5-6H2,1-2H3/t8-,9-/m1/s1. The molecule has 0 bridgehead atoms. The fourth-order valence-corrected chi connectivity index (χ4v) is 2.41. The van der Waals surface area contributed by atoms with Gasteiger partial charge in [-0.1, -0.05) is 0 Å². The lowest BCUT2D eigenvalue weighted by Crippen LogP contribution is -2.19. The van der Waals surface area contributed by atoms with Crippen molar-refractivity contribution in [3.05, 3.63) is 18.2 Å². The number of imidazole rings is 1. The van der Waals surface area contributed by atoms with E-state index in [-0.39, 0.29) is 0 Å². The number of aryl methyl sites for hydroxylation is 1. The van der Waals surface area contributed by atoms with Crippen molar-refractivity contribution in [2.45, 2.75) is 31.9 Å². The summed E-state index contributed by atoms with van der Waals surface area (Å²) in [4.78, 5) is 4.18. The summed E-state index contributed by atoms with van der Waals surface area (Å²) >= 11 is 1.88. The lowest BCUT2D eigenvalue weighted by Gasteiger charge is -2.11. The topological polar surface area (TPSA) is 27.1 Å². The van der Waals surface area contributed by atoms with Gasteiger partial charge in [-0.3, -0.25) is 0 Å². The second-order valence-corrected chi connectivity index (χ2v) is 4.62. The highest BCUT2D eigenvalue weighted by molar-refractivity contribution is 7.99. The van der Waals surface area contributed by atoms with Gasteiger partial charge < -0.3 is 9.30 Å². The van der Waals surface area contributed by atoms with Crippen LogP contribution in [0.5, 0.6) is 0 Å². The van der Waals surface area contributed by atoms with E-state index < -0.39 is 0 Å². The minimum Gasteiger partial charge on any atom is -0.362 e. The fraction of sp³-hybridized carbons (Fsp3) is 0.667. The second-order valence-electron chi connectivity index (χ2n) is 3.29. The van der Waals surface area contributed by atoms with Gasteiger partial charge >= 0.3 is 0 Å². The van der Waals surface area contributed by atoms with Crippen LogP contribution in [0, 0.1) is 6.92 Å². The zero-order chi connectivity index (χ0) is 9.26. The van der Waals surface area contributed by atoms with Gasteiger partial charge in [-0.05, 0) is 13.8 Å². The molecule has 2 atom stereocenters. The van der Waals surface area contributed by atoms with Gasteiger partial charge in [0, 0.05) is 18.1 Å². The molecule has 1 aromatic rings. The van der Waals surface area contributed by atoms with Gasteiger partial charge in [0.15, 0.2) is 0 Å². The molecule has 0 spiro atoms. The van der Waals surface area contributed by atoms with E-state index in [1.807, 2.05) is 31.1 Å². The van der Waals surface area contributed by atoms with Crippen LogP contribution in [0.25, 0.3) is 0 Å². The van der Waals surface area contributed by atoms with Crippen LogP contribution < -0.4 is 0 Å². The monoisotopic (exact) mass is 198 g/mol. The van der Waals surface area contributed by atoms with E-state index >= 15 is 0 Å². The SMILES string of the molecule is Cc1nccn1C[C@@H]1CS[C@H](C)O1. The molecular formula is C9H14N2OS. The fourth-order valence-electron chi connectivity index (χ4n) is 1.50. The predicted molar refractivity (Wildman–Crippen MR) is 53.8 cm³/mol. The molecular weight excluding hydrogens is 184 g/mol. The Hall–Kier alpha value is -0.480. The van der Waals surface area contributed by atoms with E-state index in [1.165, 1.54) is 0 Å². The molecule has 72 valence electrons. The highest BCUT2D eigenvalue weighted by Gasteiger charge is 2.22. The molecule has 4 heteroatoms. The molecule has 1 aliphatic heterocycles. The van der Waals surface area contributed by atoms with Crippen LogP contribution >= 0.6 is 11.8 Å². The smallest absolute Gasteiger partial charge is 0.105 e. The van der Waals surface area contributed by atoms with Crippen molar-refractivity contribution in [3.8, 4) is 0 Å². The zero-order valence-electron chi connectivity index (χ0n) is 7.93. The Kier molecular flexibility index (Phi) is 2.60. The van der Waals surface area contributed by atoms with Crippen molar-refractivity contribution in [1.82, 2.24) is 9.55 Å². The highest BCUT2D eigenvalue weighted by Crippen LogP contribution is 2.25. The quantitative estimate of drug-likeness (QED) is 0.723. The largest absolute Gasteiger partial charge is 0.362 e. The molecule has 1 fully saturated rings. The van der Waals surface area contributed by atoms with Crippen LogP contribution in [0.2, 0.25) is 0 Å². The number of hydrogen-bond donors (Lipinski definition) is 0. The maximum Gasteiger partial charge on any atom is 0.105 e. The Labute approximate surface area is 82.5 Å². The Bertz CT molecular complexity index is 287. The summed E-state index contributed by atoms with van der Waals surface area (Å²) in [6.45, 7) is 5.06. The Morgan fingerprint density at radius 2 is 2.62 bits per heavy atom. The van der Waals surface area contributed by atoms with Gasteiger partial charge in [0.1, 0.15) is 11.3 Å². The summed E-state index contributed by atoms with van der Waals surface area (Å²) in [5.41, 5.74) is 0.355. The Morgan fingerprint density at radius 1 is 1.77 bits per heavy atom. The predicted octanol–water partition coefficient (Wildman–Crippen LogP) is 1.67. The van der Waals surface area contributed by atoms with Gasteiger partial charge in [0.05, 0.1) is 12.6 Å². The zero-order valence-corrected chi connectivity index (χ0v) is 8.75. The number of hydrogen-bond acceptors (Lipinski definition) is 3. The van der Waals surface area contributed by atoms with Crippen LogP contribution in [-0.2, 0) is 11.3 Å². The molecule has 1 saturated heterocycles. The number of nitrogens with zero attached hydrogens (tertiary/aromatic N) is 2. The molecule has 2 heterocycles. The van der Waals surface area contributed by atoms with Crippen LogP contribution in [-0.4, -0.2) is 26.8 Å². The lowest BCUT2D eigenvalue weighted by atomic mass is 10.4. The summed E-state index contributed by atoms with van der Waals surface area (Å²) < 4.78 is 7.85. The van der Waals surface area contributed by atoms with Gasteiger partial charge in [-0.15, -0.1) is 11.8 Å². The third-order valence-corrected chi connectivity index (χ3v) is 3.37. The molecule has 2 rings (SSSR count). The average molecular weight is 198 g/mol. The summed E-state index contributed by atoms with van der Waals surface area (Å²) in [7, 11) is 0. The molecule has 0 aromatic carbocycles. The van der Waals surface area contributed by atoms with Gasteiger partial charge in [0.25, 0.3) is 0 Å². The van der Waals surface area contributed by atoms with E-state index in [1.54, 1.807) is 0 Å². The summed E-state index contributed by atoms with van der Waals surface area (Å²) in [6.07, 6.45) is 4.20. The minimum absolute atomic E-state index is 0.355. The maximum atomic E-state index is 5.70. The first-order chi connectivity index (χ1) is 6.25. The molecule has 0 radical (unpaired) electrons. The summed E-state index contributed by atoms with van der Waals surface area (Å²) in [5.74, 6) is 2.16. The second kappa shape index (κ2) is 3.72. The number of rotatable bonds is 2. The number of aromatic nitrogens is 2. The summed E-state index contributed by atoms with van der Waals surface area (Å²) in [5, 5.41) is 0. The first kappa shape index (κ1) is 9.09. The molecule has 0 saturated carbocycles. The molecule has 13 heavy (non-hydrogen) atoms. The molecule has 3 nitrogen and oxygen atoms in total. The van der Waals surface area contributed by atoms with Crippen molar-refractivity contribution < 1.29 is 4.74 Å². The average Bonchev–Trinajstić information content (AvgIpc) is 2.64. The first-order valence-electron chi connectivity index (χ1n) is 4.50. The van der Waals surface area contributed by atoms with E-state index in [9.17, 15) is 0 Å². The number of ether oxygens (including phenoxy) is 1. The lowest BCUT2D eigenvalue weighted by molar-refractivity contribution is 0.0638. The van der Waals surface area contributed by atoms with Gasteiger partial charge in [0.2, 0.25) is 0 Å². The van der Waals surface area contributed by atoms with Crippen LogP contribution in [0.4, 0.5) is 0 Å². The molecule has 0 N–H and O–H groups in total. The van der Waals surface area contributed by atoms with E-state index in [0.29, 0.717) is 11.5 Å². The molecule has 0 aliphatic carbocycles. The van der Waals surface area contributed by atoms with Gasteiger partial charge in [-0.25, -0.2) is 4.98 Å². The third kappa shape index (κ3) is 2.06. The third-order valence-electron chi connectivity index (χ3n) is 2.22. The van der Waals surface area contributed by atoms with E-state index in [4.69, 9.17) is 4.74 Å². The normalized spacial score (nSPS) is 28.2. The Balaban J connectivity index is 1.95. The van der Waals surface area contributed by atoms with Crippen LogP contribution in [0.15, 0.2) is 12.4 Å². The maximum absolute atomic E-state index is 5.70. The van der Waals surface area contributed by atoms with Crippen molar-refractivity contribution in [3.63, 3.8) is 0 Å². The molecule has 0 amide bonds. The van der Waals surface area contributed by atoms with E-state index in [2.05, 4.69) is 16.5 Å². The van der Waals surface area contributed by atoms with Crippen molar-refractivity contribution in [1.29, 1.82) is 0 Å². The van der Waals surface area contributed by atoms with Crippen LogP contribution in [0.3, 0.4) is 0 Å². The van der Waals surface area contributed by atoms with Gasteiger partial charge in [-0.2, -0.15) is 0 Å². The van der Waals surface area contributed by atoms with Crippen LogP contribution in [0.1, 0.15) is 12.7 Å². The van der Waals surface area contributed by atoms with Crippen molar-refractivity contribution in [2.75, 3.05) is 5.75 Å². The minimum atomic E-state index is 0.355. The van der Waals surface area contributed by atoms with Crippen molar-refractivity contribution in [2.24, 2.45) is 0 Å². The first-order valence-corrected chi connectivity index (χ1v) is 5.55. The Morgan fingerprint density at radius 3 is 3.15 bits per heavy atom. The summed E-state index contributed by atoms with van der Waals surface area (Å²) in [6, 6.07) is 0. The highest BCUT2D eigenvalue weighted by atomic mass is 32.2. The number of thioether (sulfide) groups is 1. The van der Waals surface area contributed by atoms with Crippen molar-refractivity contribution >= 4 is 11.8 Å². The molecule has 1 aromatic heterocycles. The molecule has 1 aliphatic rings. The molecule has 0 unspecified atom stereocenters. The van der Waals surface area contributed by atoms with E-state index in [0.717, 1.165) is 18.1 Å².